The van der Waals surface area contributed by atoms with Gasteiger partial charge in [0.2, 0.25) is 0 Å². The Morgan fingerprint density at radius 1 is 1.57 bits per heavy atom. The molecule has 0 spiro atoms. The van der Waals surface area contributed by atoms with E-state index in [9.17, 15) is 9.59 Å². The molecule has 7 heteroatoms. The number of rotatable bonds is 2. The largest absolute Gasteiger partial charge is 0.480 e. The van der Waals surface area contributed by atoms with E-state index in [-0.39, 0.29) is 5.78 Å². The van der Waals surface area contributed by atoms with Crippen LogP contribution in [0.15, 0.2) is 23.3 Å². The summed E-state index contributed by atoms with van der Waals surface area (Å²) in [6, 6.07) is 1.57. The quantitative estimate of drug-likeness (QED) is 0.660. The van der Waals surface area contributed by atoms with Gasteiger partial charge in [0.25, 0.3) is 5.78 Å². The summed E-state index contributed by atoms with van der Waals surface area (Å²) in [7, 11) is 0. The van der Waals surface area contributed by atoms with Crippen molar-refractivity contribution in [3.8, 4) is 0 Å². The van der Waals surface area contributed by atoms with Crippen LogP contribution in [0.1, 0.15) is 0 Å². The minimum absolute atomic E-state index is 0.193. The van der Waals surface area contributed by atoms with Crippen molar-refractivity contribution < 1.29 is 9.90 Å². The van der Waals surface area contributed by atoms with Crippen LogP contribution in [0.2, 0.25) is 0 Å². The number of nitrogens with zero attached hydrogens (tertiary/aromatic N) is 4. The predicted molar refractivity (Wildman–Crippen MR) is 44.9 cm³/mol. The van der Waals surface area contributed by atoms with Crippen LogP contribution >= 0.6 is 0 Å². The molecule has 0 amide bonds. The maximum Gasteiger partial charge on any atom is 0.352 e. The monoisotopic (exact) mass is 194 g/mol. The highest BCUT2D eigenvalue weighted by Crippen LogP contribution is 1.89. The Labute approximate surface area is 77.2 Å². The Kier molecular flexibility index (Phi) is 1.77. The van der Waals surface area contributed by atoms with Crippen molar-refractivity contribution in [2.45, 2.75) is 6.54 Å². The molecule has 7 nitrogen and oxygen atoms in total. The van der Waals surface area contributed by atoms with Crippen LogP contribution in [-0.4, -0.2) is 30.2 Å². The summed E-state index contributed by atoms with van der Waals surface area (Å²) in [6.07, 6.45) is 2.96. The first-order chi connectivity index (χ1) is 6.68. The maximum absolute atomic E-state index is 11.4. The smallest absolute Gasteiger partial charge is 0.352 e. The summed E-state index contributed by atoms with van der Waals surface area (Å²) in [4.78, 5) is 25.6. The first-order valence-corrected chi connectivity index (χ1v) is 3.80. The van der Waals surface area contributed by atoms with Gasteiger partial charge in [-0.05, 0) is 6.07 Å². The molecule has 2 aromatic heterocycles. The highest BCUT2D eigenvalue weighted by Gasteiger charge is 2.08. The Hall–Kier alpha value is -2.18. The third-order valence-electron chi connectivity index (χ3n) is 1.65. The van der Waals surface area contributed by atoms with Gasteiger partial charge in [-0.15, -0.1) is 5.10 Å². The van der Waals surface area contributed by atoms with E-state index < -0.39 is 18.2 Å². The van der Waals surface area contributed by atoms with Gasteiger partial charge in [0.1, 0.15) is 6.54 Å². The van der Waals surface area contributed by atoms with E-state index in [1.807, 2.05) is 0 Å². The lowest BCUT2D eigenvalue weighted by Gasteiger charge is -1.89. The number of carbonyl (C=O) groups is 1. The topological polar surface area (TPSA) is 89.5 Å². The van der Waals surface area contributed by atoms with Crippen molar-refractivity contribution in [1.82, 2.24) is 19.2 Å². The highest BCUT2D eigenvalue weighted by molar-refractivity contribution is 5.66. The zero-order valence-corrected chi connectivity index (χ0v) is 6.99. The van der Waals surface area contributed by atoms with Gasteiger partial charge in [-0.2, -0.15) is 4.68 Å². The molecule has 1 N–H and O–H groups in total. The Balaban J connectivity index is 2.63. The molecule has 0 saturated carbocycles. The molecule has 14 heavy (non-hydrogen) atoms. The molecular weight excluding hydrogens is 188 g/mol. The Morgan fingerprint density at radius 2 is 2.36 bits per heavy atom. The molecule has 0 bridgehead atoms. The van der Waals surface area contributed by atoms with E-state index in [1.165, 1.54) is 16.8 Å². The molecule has 0 aliphatic rings. The van der Waals surface area contributed by atoms with Crippen LogP contribution in [0.25, 0.3) is 5.78 Å². The van der Waals surface area contributed by atoms with Crippen LogP contribution in [-0.2, 0) is 11.3 Å². The number of fused-ring (bicyclic) bond motifs is 1. The van der Waals surface area contributed by atoms with Gasteiger partial charge in [0, 0.05) is 12.4 Å². The summed E-state index contributed by atoms with van der Waals surface area (Å²) in [5, 5.41) is 12.2. The van der Waals surface area contributed by atoms with Crippen LogP contribution in [0, 0.1) is 0 Å². The molecule has 2 heterocycles. The third-order valence-corrected chi connectivity index (χ3v) is 1.65. The van der Waals surface area contributed by atoms with Crippen molar-refractivity contribution in [3.05, 3.63) is 28.9 Å². The van der Waals surface area contributed by atoms with Gasteiger partial charge in [0.05, 0.1) is 0 Å². The van der Waals surface area contributed by atoms with Crippen molar-refractivity contribution in [1.29, 1.82) is 0 Å². The van der Waals surface area contributed by atoms with Crippen molar-refractivity contribution in [2.75, 3.05) is 0 Å². The van der Waals surface area contributed by atoms with E-state index in [4.69, 9.17) is 5.11 Å². The van der Waals surface area contributed by atoms with E-state index in [0.29, 0.717) is 0 Å². The molecule has 0 atom stereocenters. The van der Waals surface area contributed by atoms with Gasteiger partial charge in [-0.1, -0.05) is 0 Å². The van der Waals surface area contributed by atoms with Crippen molar-refractivity contribution in [3.63, 3.8) is 0 Å². The van der Waals surface area contributed by atoms with E-state index >= 15 is 0 Å². The fourth-order valence-corrected chi connectivity index (χ4v) is 1.09. The minimum atomic E-state index is -1.12. The second kappa shape index (κ2) is 2.95. The number of aliphatic carboxylic acids is 1. The van der Waals surface area contributed by atoms with Crippen LogP contribution in [0.5, 0.6) is 0 Å². The Morgan fingerprint density at radius 3 is 3.00 bits per heavy atom. The summed E-state index contributed by atoms with van der Waals surface area (Å²) in [6.45, 7) is -0.456. The molecule has 0 aliphatic heterocycles. The number of carboxylic acid groups (broad SMARTS) is 1. The van der Waals surface area contributed by atoms with Gasteiger partial charge >= 0.3 is 11.7 Å². The van der Waals surface area contributed by atoms with Crippen molar-refractivity contribution in [2.24, 2.45) is 0 Å². The van der Waals surface area contributed by atoms with Crippen LogP contribution in [0.4, 0.5) is 0 Å². The molecule has 2 rings (SSSR count). The van der Waals surface area contributed by atoms with Gasteiger partial charge in [0.15, 0.2) is 0 Å². The molecule has 0 aromatic carbocycles. The van der Waals surface area contributed by atoms with Gasteiger partial charge in [-0.3, -0.25) is 4.79 Å². The second-order valence-electron chi connectivity index (χ2n) is 2.62. The summed E-state index contributed by atoms with van der Waals surface area (Å²) in [5.41, 5.74) is -0.504. The lowest BCUT2D eigenvalue weighted by molar-refractivity contribution is -0.137. The number of carboxylic acids is 1. The van der Waals surface area contributed by atoms with Crippen LogP contribution < -0.4 is 5.69 Å². The predicted octanol–water partition coefficient (Wildman–Crippen LogP) is -1.02. The first kappa shape index (κ1) is 8.42. The summed E-state index contributed by atoms with van der Waals surface area (Å²) >= 11 is 0. The average Bonchev–Trinajstić information content (AvgIpc) is 2.44. The Bertz CT molecular complexity index is 541. The number of hydrogen-bond acceptors (Lipinski definition) is 4. The molecule has 72 valence electrons. The fraction of sp³-hybridized carbons (Fsp3) is 0.143. The van der Waals surface area contributed by atoms with E-state index in [2.05, 4.69) is 10.1 Å². The molecule has 0 unspecified atom stereocenters. The molecule has 0 saturated heterocycles. The molecule has 0 aliphatic carbocycles. The lowest BCUT2D eigenvalue weighted by Crippen LogP contribution is -2.24. The zero-order chi connectivity index (χ0) is 10.1. The van der Waals surface area contributed by atoms with Crippen LogP contribution in [0.3, 0.4) is 0 Å². The van der Waals surface area contributed by atoms with Crippen molar-refractivity contribution >= 4 is 11.7 Å². The van der Waals surface area contributed by atoms with E-state index in [1.54, 1.807) is 6.07 Å². The zero-order valence-electron chi connectivity index (χ0n) is 6.99. The minimum Gasteiger partial charge on any atom is -0.480 e. The number of aromatic nitrogens is 4. The first-order valence-electron chi connectivity index (χ1n) is 3.80. The molecule has 0 fully saturated rings. The summed E-state index contributed by atoms with van der Waals surface area (Å²) < 4.78 is 2.04. The average molecular weight is 194 g/mol. The number of hydrogen-bond donors (Lipinski definition) is 1. The second-order valence-corrected chi connectivity index (χ2v) is 2.62. The molecule has 0 radical (unpaired) electrons. The van der Waals surface area contributed by atoms with E-state index in [0.717, 1.165) is 4.68 Å². The van der Waals surface area contributed by atoms with Gasteiger partial charge in [-0.25, -0.2) is 14.2 Å². The highest BCUT2D eigenvalue weighted by atomic mass is 16.4. The normalized spacial score (nSPS) is 10.6. The lowest BCUT2D eigenvalue weighted by atomic mass is 10.7. The fourth-order valence-electron chi connectivity index (χ4n) is 1.09. The molecular formula is C7H6N4O3. The third kappa shape index (κ3) is 1.24. The molecule has 2 aromatic rings. The summed E-state index contributed by atoms with van der Waals surface area (Å²) in [5.74, 6) is -0.922. The SMILES string of the molecule is O=C(O)Cn1nc2ncccn2c1=O. The van der Waals surface area contributed by atoms with Gasteiger partial charge < -0.3 is 5.11 Å². The maximum atomic E-state index is 11.4. The standard InChI is InChI=1S/C7H6N4O3/c12-5(13)4-11-7(14)10-3-1-2-8-6(10)9-11/h1-3H,4H2,(H,12,13).